The van der Waals surface area contributed by atoms with Gasteiger partial charge in [-0.2, -0.15) is 0 Å². The lowest BCUT2D eigenvalue weighted by Crippen LogP contribution is -2.43. The van der Waals surface area contributed by atoms with Crippen molar-refractivity contribution in [3.8, 4) is 34.8 Å². The van der Waals surface area contributed by atoms with E-state index in [0.717, 1.165) is 23.5 Å². The van der Waals surface area contributed by atoms with Gasteiger partial charge in [0.1, 0.15) is 26.0 Å². The van der Waals surface area contributed by atoms with E-state index >= 15 is 0 Å². The fraction of sp³-hybridized carbons (Fsp3) is 0.538. The molecule has 0 aromatic heterocycles. The molecule has 0 spiro atoms. The van der Waals surface area contributed by atoms with Crippen molar-refractivity contribution in [2.75, 3.05) is 14.2 Å². The number of rotatable bonds is 5. The third-order valence-electron chi connectivity index (χ3n) is 5.50. The first-order valence-corrected chi connectivity index (χ1v) is 18.6. The normalized spacial score (nSPS) is 13.6. The first-order valence-electron chi connectivity index (χ1n) is 11.3. The molecule has 0 saturated carbocycles. The molecule has 0 unspecified atom stereocenters. The lowest BCUT2D eigenvalue weighted by Gasteiger charge is -2.38. The minimum absolute atomic E-state index is 0.198. The summed E-state index contributed by atoms with van der Waals surface area (Å²) in [5.74, 6) is 11.3. The maximum absolute atomic E-state index is 12.3. The Morgan fingerprint density at radius 2 is 1.18 bits per heavy atom. The Balaban J connectivity index is 3.75. The lowest BCUT2D eigenvalue weighted by molar-refractivity contribution is -0.138. The van der Waals surface area contributed by atoms with Crippen molar-refractivity contribution < 1.29 is 19.1 Å². The van der Waals surface area contributed by atoms with Crippen molar-refractivity contribution in [1.82, 2.24) is 0 Å². The van der Waals surface area contributed by atoms with Gasteiger partial charge in [-0.3, -0.25) is 0 Å². The molecule has 0 aliphatic carbocycles. The second-order valence-corrected chi connectivity index (χ2v) is 22.5. The molecule has 34 heavy (non-hydrogen) atoms. The zero-order valence-electron chi connectivity index (χ0n) is 22.2. The third kappa shape index (κ3) is 7.62. The van der Waals surface area contributed by atoms with Gasteiger partial charge in [0.2, 0.25) is 0 Å². The number of hydrogen-bond donors (Lipinski definition) is 0. The molecule has 1 aliphatic rings. The number of carbonyl (C=O) groups is 2. The standard InChI is InChI=1S/C26H36O4S2Si2/c1-18(2)34(19(3)4,20(5)6)17-15-21(14-12-13-16-33(9,10)11)26-31-22(24(27)29-7)23(32-26)25(28)30-8/h18-20H,1-11H3. The van der Waals surface area contributed by atoms with Gasteiger partial charge in [-0.05, 0) is 34.4 Å². The molecule has 184 valence electrons. The van der Waals surface area contributed by atoms with Crippen LogP contribution in [0.4, 0.5) is 0 Å². The van der Waals surface area contributed by atoms with Crippen LogP contribution in [0.1, 0.15) is 41.5 Å². The Hall–Kier alpha value is -1.77. The highest BCUT2D eigenvalue weighted by atomic mass is 32.2. The average Bonchev–Trinajstić information content (AvgIpc) is 3.18. The summed E-state index contributed by atoms with van der Waals surface area (Å²) in [6.45, 7) is 20.0. The van der Waals surface area contributed by atoms with Crippen LogP contribution in [-0.2, 0) is 19.1 Å². The minimum Gasteiger partial charge on any atom is -0.465 e. The van der Waals surface area contributed by atoms with E-state index in [-0.39, 0.29) is 9.81 Å². The molecule has 1 aliphatic heterocycles. The van der Waals surface area contributed by atoms with Crippen LogP contribution in [0.15, 0.2) is 19.6 Å². The van der Waals surface area contributed by atoms with Crippen molar-refractivity contribution in [3.05, 3.63) is 19.6 Å². The Labute approximate surface area is 216 Å². The van der Waals surface area contributed by atoms with Gasteiger partial charge in [-0.1, -0.05) is 90.6 Å². The second-order valence-electron chi connectivity index (χ2n) is 9.91. The number of allylic oxidation sites excluding steroid dienone is 1. The van der Waals surface area contributed by atoms with E-state index in [1.54, 1.807) is 0 Å². The quantitative estimate of drug-likeness (QED) is 0.234. The van der Waals surface area contributed by atoms with Gasteiger partial charge in [0, 0.05) is 0 Å². The van der Waals surface area contributed by atoms with E-state index in [1.807, 2.05) is 0 Å². The van der Waals surface area contributed by atoms with Gasteiger partial charge in [0.25, 0.3) is 0 Å². The van der Waals surface area contributed by atoms with Crippen LogP contribution in [0, 0.1) is 34.8 Å². The first-order chi connectivity index (χ1) is 15.7. The molecule has 1 rings (SSSR count). The van der Waals surface area contributed by atoms with Crippen LogP contribution in [0.5, 0.6) is 0 Å². The molecule has 0 bridgehead atoms. The van der Waals surface area contributed by atoms with Crippen molar-refractivity contribution in [1.29, 1.82) is 0 Å². The van der Waals surface area contributed by atoms with Gasteiger partial charge < -0.3 is 9.47 Å². The number of methoxy groups -OCH3 is 2. The van der Waals surface area contributed by atoms with Crippen molar-refractivity contribution in [3.63, 3.8) is 0 Å². The van der Waals surface area contributed by atoms with E-state index in [1.165, 1.54) is 14.2 Å². The number of ether oxygens (including phenoxy) is 2. The summed E-state index contributed by atoms with van der Waals surface area (Å²) in [7, 11) is -1.00. The van der Waals surface area contributed by atoms with Crippen LogP contribution >= 0.6 is 23.5 Å². The molecule has 4 nitrogen and oxygen atoms in total. The predicted octanol–water partition coefficient (Wildman–Crippen LogP) is 6.34. The summed E-state index contributed by atoms with van der Waals surface area (Å²) in [6, 6.07) is 0. The Bertz CT molecular complexity index is 1010. The van der Waals surface area contributed by atoms with Crippen LogP contribution in [0.25, 0.3) is 0 Å². The molecule has 8 heteroatoms. The topological polar surface area (TPSA) is 52.6 Å². The van der Waals surface area contributed by atoms with E-state index in [4.69, 9.17) is 9.47 Å². The Morgan fingerprint density at radius 3 is 1.53 bits per heavy atom. The van der Waals surface area contributed by atoms with Crippen molar-refractivity contribution >= 4 is 51.6 Å². The molecule has 0 aromatic carbocycles. The van der Waals surface area contributed by atoms with E-state index in [9.17, 15) is 9.59 Å². The van der Waals surface area contributed by atoms with Gasteiger partial charge in [-0.25, -0.2) is 9.59 Å². The van der Waals surface area contributed by atoms with Crippen LogP contribution in [-0.4, -0.2) is 42.3 Å². The lowest BCUT2D eigenvalue weighted by atomic mass is 10.3. The molecule has 1 heterocycles. The molecule has 0 saturated heterocycles. The predicted molar refractivity (Wildman–Crippen MR) is 151 cm³/mol. The minimum atomic E-state index is -2.02. The van der Waals surface area contributed by atoms with Crippen LogP contribution in [0.3, 0.4) is 0 Å². The van der Waals surface area contributed by atoms with E-state index in [2.05, 4.69) is 96.0 Å². The molecular weight excluding hydrogens is 497 g/mol. The fourth-order valence-electron chi connectivity index (χ4n) is 3.90. The summed E-state index contributed by atoms with van der Waals surface area (Å²) >= 11 is 2.32. The smallest absolute Gasteiger partial charge is 0.346 e. The highest BCUT2D eigenvalue weighted by Gasteiger charge is 2.42. The number of hydrogen-bond acceptors (Lipinski definition) is 6. The van der Waals surface area contributed by atoms with Gasteiger partial charge in [0.15, 0.2) is 0 Å². The first kappa shape index (κ1) is 30.3. The van der Waals surface area contributed by atoms with Gasteiger partial charge in [-0.15, -0.1) is 11.1 Å². The maximum Gasteiger partial charge on any atom is 0.346 e. The van der Waals surface area contributed by atoms with Crippen LogP contribution in [0.2, 0.25) is 36.3 Å². The molecule has 0 atom stereocenters. The Kier molecular flexibility index (Phi) is 11.4. The number of thioether (sulfide) groups is 2. The summed E-state index contributed by atoms with van der Waals surface area (Å²) < 4.78 is 10.5. The molecule has 0 fully saturated rings. The summed E-state index contributed by atoms with van der Waals surface area (Å²) in [4.78, 5) is 25.1. The highest BCUT2D eigenvalue weighted by Crippen LogP contribution is 2.51. The molecule has 0 radical (unpaired) electrons. The van der Waals surface area contributed by atoms with Gasteiger partial charge in [0.05, 0.1) is 24.0 Å². The fourth-order valence-corrected chi connectivity index (χ4v) is 11.9. The van der Waals surface area contributed by atoms with E-state index in [0.29, 0.717) is 26.4 Å². The molecular formula is C26H36O4S2Si2. The zero-order chi connectivity index (χ0) is 26.3. The molecule has 0 amide bonds. The van der Waals surface area contributed by atoms with Gasteiger partial charge >= 0.3 is 11.9 Å². The molecule has 0 aromatic rings. The number of carbonyl (C=O) groups excluding carboxylic acids is 2. The Morgan fingerprint density at radius 1 is 0.735 bits per heavy atom. The summed E-state index contributed by atoms with van der Waals surface area (Å²) in [5.41, 5.74) is 8.91. The summed E-state index contributed by atoms with van der Waals surface area (Å²) in [6.07, 6.45) is 0. The largest absolute Gasteiger partial charge is 0.465 e. The van der Waals surface area contributed by atoms with Crippen molar-refractivity contribution in [2.24, 2.45) is 0 Å². The maximum atomic E-state index is 12.3. The average molecular weight is 533 g/mol. The summed E-state index contributed by atoms with van der Waals surface area (Å²) in [5, 5.41) is 0. The molecule has 0 N–H and O–H groups in total. The van der Waals surface area contributed by atoms with Crippen LogP contribution < -0.4 is 0 Å². The third-order valence-corrected chi connectivity index (χ3v) is 15.2. The monoisotopic (exact) mass is 532 g/mol. The SMILES string of the molecule is COC(=O)C1=C(C(=O)OC)SC(=C(C#CC#C[Si](C)(C)C)C#C[Si](C(C)C)(C(C)C)C(C)C)S1. The van der Waals surface area contributed by atoms with E-state index < -0.39 is 28.1 Å². The van der Waals surface area contributed by atoms with Crippen molar-refractivity contribution in [2.45, 2.75) is 77.8 Å². The highest BCUT2D eigenvalue weighted by molar-refractivity contribution is 8.29. The zero-order valence-corrected chi connectivity index (χ0v) is 25.8. The second kappa shape index (κ2) is 12.8. The number of esters is 2.